The third-order valence-corrected chi connectivity index (χ3v) is 4.21. The molecule has 0 aliphatic heterocycles. The van der Waals surface area contributed by atoms with Gasteiger partial charge in [0.15, 0.2) is 0 Å². The van der Waals surface area contributed by atoms with Gasteiger partial charge in [-0.25, -0.2) is 0 Å². The van der Waals surface area contributed by atoms with Gasteiger partial charge in [-0.3, -0.25) is 4.79 Å². The summed E-state index contributed by atoms with van der Waals surface area (Å²) in [5.41, 5.74) is 1.68. The van der Waals surface area contributed by atoms with Crippen molar-refractivity contribution in [3.63, 3.8) is 0 Å². The van der Waals surface area contributed by atoms with E-state index in [-0.39, 0.29) is 5.91 Å². The van der Waals surface area contributed by atoms with Crippen LogP contribution in [0.25, 0.3) is 0 Å². The van der Waals surface area contributed by atoms with E-state index >= 15 is 0 Å². The van der Waals surface area contributed by atoms with Gasteiger partial charge < -0.3 is 10.6 Å². The number of hydrogen-bond acceptors (Lipinski definition) is 2. The molecule has 3 heteroatoms. The van der Waals surface area contributed by atoms with Crippen LogP contribution in [0.15, 0.2) is 24.3 Å². The van der Waals surface area contributed by atoms with Gasteiger partial charge >= 0.3 is 0 Å². The molecule has 0 spiro atoms. The Balaban J connectivity index is 2.02. The maximum Gasteiger partial charge on any atom is 0.253 e. The van der Waals surface area contributed by atoms with E-state index in [0.29, 0.717) is 12.1 Å². The summed E-state index contributed by atoms with van der Waals surface area (Å²) in [4.78, 5) is 12.6. The van der Waals surface area contributed by atoms with Gasteiger partial charge in [-0.15, -0.1) is 0 Å². The molecule has 1 aliphatic carbocycles. The van der Waals surface area contributed by atoms with E-state index in [1.54, 1.807) is 0 Å². The van der Waals surface area contributed by atoms with E-state index in [1.807, 2.05) is 24.3 Å². The molecule has 1 aliphatic rings. The molecule has 0 radical (unpaired) electrons. The van der Waals surface area contributed by atoms with Crippen LogP contribution >= 0.6 is 0 Å². The molecular formula is C18H28N2O. The number of anilines is 1. The fourth-order valence-electron chi connectivity index (χ4n) is 3.01. The van der Waals surface area contributed by atoms with Crippen molar-refractivity contribution in [2.45, 2.75) is 65.0 Å². The van der Waals surface area contributed by atoms with Gasteiger partial charge in [-0.1, -0.05) is 31.9 Å². The van der Waals surface area contributed by atoms with Crippen LogP contribution in [0, 0.1) is 5.92 Å². The number of benzene rings is 1. The molecule has 116 valence electrons. The van der Waals surface area contributed by atoms with Crippen molar-refractivity contribution >= 4 is 11.6 Å². The fraction of sp³-hybridized carbons (Fsp3) is 0.611. The largest absolute Gasteiger partial charge is 0.382 e. The number of carbonyl (C=O) groups excluding carboxylic acids is 1. The molecule has 1 fully saturated rings. The first-order valence-corrected chi connectivity index (χ1v) is 8.22. The zero-order chi connectivity index (χ0) is 15.2. The summed E-state index contributed by atoms with van der Waals surface area (Å²) >= 11 is 0. The lowest BCUT2D eigenvalue weighted by atomic mass is 10.0. The van der Waals surface area contributed by atoms with Gasteiger partial charge in [0.2, 0.25) is 0 Å². The second kappa shape index (κ2) is 7.48. The second-order valence-electron chi connectivity index (χ2n) is 6.63. The zero-order valence-electron chi connectivity index (χ0n) is 13.5. The molecule has 1 saturated carbocycles. The van der Waals surface area contributed by atoms with Gasteiger partial charge in [0.05, 0.1) is 5.56 Å². The summed E-state index contributed by atoms with van der Waals surface area (Å²) in [6, 6.07) is 8.42. The standard InChI is InChI=1S/C18H28N2O/c1-13(2)19-17-10-5-4-9-16(17)18(21)20-15-8-6-7-14(3)11-12-15/h4-5,9-10,13-15,19H,6-8,11-12H2,1-3H3,(H,20,21). The predicted molar refractivity (Wildman–Crippen MR) is 88.7 cm³/mol. The predicted octanol–water partition coefficient (Wildman–Crippen LogP) is 4.21. The van der Waals surface area contributed by atoms with E-state index in [0.717, 1.165) is 30.0 Å². The molecule has 0 aromatic heterocycles. The molecule has 0 bridgehead atoms. The summed E-state index contributed by atoms with van der Waals surface area (Å²) in [5.74, 6) is 0.847. The number of rotatable bonds is 4. The molecule has 0 heterocycles. The van der Waals surface area contributed by atoms with Crippen LogP contribution < -0.4 is 10.6 Å². The minimum atomic E-state index is 0.0540. The molecule has 21 heavy (non-hydrogen) atoms. The van der Waals surface area contributed by atoms with E-state index in [4.69, 9.17) is 0 Å². The van der Waals surface area contributed by atoms with Crippen molar-refractivity contribution in [1.29, 1.82) is 0 Å². The Bertz CT molecular complexity index is 470. The molecular weight excluding hydrogens is 260 g/mol. The van der Waals surface area contributed by atoms with Crippen molar-refractivity contribution in [3.8, 4) is 0 Å². The Kier molecular flexibility index (Phi) is 5.66. The number of hydrogen-bond donors (Lipinski definition) is 2. The minimum absolute atomic E-state index is 0.0540. The molecule has 2 unspecified atom stereocenters. The highest BCUT2D eigenvalue weighted by Crippen LogP contribution is 2.23. The smallest absolute Gasteiger partial charge is 0.253 e. The van der Waals surface area contributed by atoms with Gasteiger partial charge in [0.1, 0.15) is 0 Å². The first-order valence-electron chi connectivity index (χ1n) is 8.22. The van der Waals surface area contributed by atoms with Crippen LogP contribution in [-0.4, -0.2) is 18.0 Å². The van der Waals surface area contributed by atoms with Crippen LogP contribution in [0.2, 0.25) is 0 Å². The minimum Gasteiger partial charge on any atom is -0.382 e. The average molecular weight is 288 g/mol. The van der Waals surface area contributed by atoms with Crippen molar-refractivity contribution in [2.75, 3.05) is 5.32 Å². The summed E-state index contributed by atoms with van der Waals surface area (Å²) in [6.45, 7) is 6.48. The third-order valence-electron chi connectivity index (χ3n) is 4.21. The monoisotopic (exact) mass is 288 g/mol. The van der Waals surface area contributed by atoms with Crippen molar-refractivity contribution in [2.24, 2.45) is 5.92 Å². The topological polar surface area (TPSA) is 41.1 Å². The maximum absolute atomic E-state index is 12.6. The molecule has 2 rings (SSSR count). The molecule has 0 saturated heterocycles. The number of amides is 1. The molecule has 1 aromatic rings. The Morgan fingerprint density at radius 2 is 1.90 bits per heavy atom. The van der Waals surface area contributed by atoms with E-state index in [1.165, 1.54) is 19.3 Å². The normalized spacial score (nSPS) is 22.7. The Morgan fingerprint density at radius 3 is 2.67 bits per heavy atom. The van der Waals surface area contributed by atoms with Crippen LogP contribution in [0.5, 0.6) is 0 Å². The zero-order valence-corrected chi connectivity index (χ0v) is 13.5. The molecule has 2 atom stereocenters. The molecule has 3 nitrogen and oxygen atoms in total. The van der Waals surface area contributed by atoms with Crippen molar-refractivity contribution in [1.82, 2.24) is 5.32 Å². The van der Waals surface area contributed by atoms with Crippen molar-refractivity contribution in [3.05, 3.63) is 29.8 Å². The highest BCUT2D eigenvalue weighted by Gasteiger charge is 2.19. The lowest BCUT2D eigenvalue weighted by Crippen LogP contribution is -2.35. The summed E-state index contributed by atoms with van der Waals surface area (Å²) < 4.78 is 0. The summed E-state index contributed by atoms with van der Waals surface area (Å²) in [6.07, 6.45) is 5.94. The number of carbonyl (C=O) groups is 1. The van der Waals surface area contributed by atoms with Gasteiger partial charge in [-0.2, -0.15) is 0 Å². The molecule has 1 aromatic carbocycles. The Hall–Kier alpha value is -1.51. The quantitative estimate of drug-likeness (QED) is 0.815. The van der Waals surface area contributed by atoms with Gasteiger partial charge in [0.25, 0.3) is 5.91 Å². The molecule has 1 amide bonds. The van der Waals surface area contributed by atoms with Gasteiger partial charge in [-0.05, 0) is 51.2 Å². The SMILES string of the molecule is CC1CCCC(NC(=O)c2ccccc2NC(C)C)CC1. The number of para-hydroxylation sites is 1. The third kappa shape index (κ3) is 4.76. The summed E-state index contributed by atoms with van der Waals surface area (Å²) in [7, 11) is 0. The lowest BCUT2D eigenvalue weighted by molar-refractivity contribution is 0.0934. The second-order valence-corrected chi connectivity index (χ2v) is 6.63. The molecule has 2 N–H and O–H groups in total. The van der Waals surface area contributed by atoms with Crippen LogP contribution in [-0.2, 0) is 0 Å². The lowest BCUT2D eigenvalue weighted by Gasteiger charge is -2.19. The highest BCUT2D eigenvalue weighted by molar-refractivity contribution is 5.99. The fourth-order valence-corrected chi connectivity index (χ4v) is 3.01. The van der Waals surface area contributed by atoms with Crippen LogP contribution in [0.4, 0.5) is 5.69 Å². The van der Waals surface area contributed by atoms with Gasteiger partial charge in [0, 0.05) is 17.8 Å². The van der Waals surface area contributed by atoms with Crippen molar-refractivity contribution < 1.29 is 4.79 Å². The first kappa shape index (κ1) is 15.9. The summed E-state index contributed by atoms with van der Waals surface area (Å²) in [5, 5.41) is 6.58. The first-order chi connectivity index (χ1) is 10.1. The Labute approximate surface area is 128 Å². The van der Waals surface area contributed by atoms with E-state index in [2.05, 4.69) is 31.4 Å². The van der Waals surface area contributed by atoms with E-state index < -0.39 is 0 Å². The van der Waals surface area contributed by atoms with E-state index in [9.17, 15) is 4.79 Å². The van der Waals surface area contributed by atoms with Crippen LogP contribution in [0.3, 0.4) is 0 Å². The van der Waals surface area contributed by atoms with Crippen LogP contribution in [0.1, 0.15) is 63.2 Å². The maximum atomic E-state index is 12.6. The highest BCUT2D eigenvalue weighted by atomic mass is 16.1. The average Bonchev–Trinajstić information content (AvgIpc) is 2.63. The Morgan fingerprint density at radius 1 is 1.14 bits per heavy atom. The number of nitrogens with one attached hydrogen (secondary N) is 2.